The van der Waals surface area contributed by atoms with E-state index in [2.05, 4.69) is 15.8 Å². The Hall–Kier alpha value is -3.39. The first-order valence-electron chi connectivity index (χ1n) is 8.15. The second-order valence-corrected chi connectivity index (χ2v) is 6.92. The molecule has 7 nitrogen and oxygen atoms in total. The first-order valence-corrected chi connectivity index (χ1v) is 8.96. The van der Waals surface area contributed by atoms with E-state index in [0.717, 1.165) is 10.2 Å². The third kappa shape index (κ3) is 3.34. The monoisotopic (exact) mass is 381 g/mol. The van der Waals surface area contributed by atoms with Crippen LogP contribution in [0.5, 0.6) is 0 Å². The van der Waals surface area contributed by atoms with E-state index >= 15 is 0 Å². The van der Waals surface area contributed by atoms with Crippen LogP contribution in [0.15, 0.2) is 51.3 Å². The van der Waals surface area contributed by atoms with Gasteiger partial charge in [-0.3, -0.25) is 20.4 Å². The molecule has 3 heterocycles. The quantitative estimate of drug-likeness (QED) is 0.526. The Bertz CT molecular complexity index is 1120. The van der Waals surface area contributed by atoms with E-state index in [1.807, 2.05) is 24.3 Å². The highest BCUT2D eigenvalue weighted by Gasteiger charge is 2.17. The normalized spacial score (nSPS) is 10.9. The van der Waals surface area contributed by atoms with Gasteiger partial charge >= 0.3 is 5.91 Å². The van der Waals surface area contributed by atoms with E-state index < -0.39 is 11.8 Å². The Labute approximate surface area is 158 Å². The molecule has 0 bridgehead atoms. The second kappa shape index (κ2) is 6.73. The lowest BCUT2D eigenvalue weighted by Crippen LogP contribution is -2.41. The Morgan fingerprint density at radius 3 is 2.52 bits per heavy atom. The number of hydrazine groups is 1. The molecule has 136 valence electrons. The zero-order valence-corrected chi connectivity index (χ0v) is 15.3. The number of aryl methyl sites for hydroxylation is 2. The number of benzene rings is 1. The number of carbonyl (C=O) groups is 2. The summed E-state index contributed by atoms with van der Waals surface area (Å²) in [7, 11) is 0. The smallest absolute Gasteiger partial charge is 0.305 e. The van der Waals surface area contributed by atoms with Crippen LogP contribution in [0.4, 0.5) is 0 Å². The number of carbonyl (C=O) groups excluding carboxylic acids is 2. The van der Waals surface area contributed by atoms with Crippen molar-refractivity contribution >= 4 is 33.4 Å². The molecule has 0 radical (unpaired) electrons. The highest BCUT2D eigenvalue weighted by Crippen LogP contribution is 2.31. The van der Waals surface area contributed by atoms with Gasteiger partial charge in [0.2, 0.25) is 0 Å². The summed E-state index contributed by atoms with van der Waals surface area (Å²) in [5.74, 6) is 0.647. The lowest BCUT2D eigenvalue weighted by molar-refractivity contribution is 0.0830. The van der Waals surface area contributed by atoms with Gasteiger partial charge in [-0.15, -0.1) is 11.3 Å². The van der Waals surface area contributed by atoms with E-state index in [4.69, 9.17) is 8.83 Å². The zero-order chi connectivity index (χ0) is 19.0. The highest BCUT2D eigenvalue weighted by molar-refractivity contribution is 7.21. The van der Waals surface area contributed by atoms with Gasteiger partial charge in [0.25, 0.3) is 5.91 Å². The SMILES string of the molecule is Cc1cc(C(=O)NNC(=O)c2ccc(-c3nc4ccccc4s3)o2)c(C)o1. The zero-order valence-electron chi connectivity index (χ0n) is 14.5. The van der Waals surface area contributed by atoms with Gasteiger partial charge in [-0.2, -0.15) is 0 Å². The number of fused-ring (bicyclic) bond motifs is 1. The van der Waals surface area contributed by atoms with Crippen LogP contribution in [0.25, 0.3) is 21.0 Å². The summed E-state index contributed by atoms with van der Waals surface area (Å²) in [5, 5.41) is 0.684. The molecule has 0 unspecified atom stereocenters. The van der Waals surface area contributed by atoms with Crippen LogP contribution in [0.2, 0.25) is 0 Å². The van der Waals surface area contributed by atoms with E-state index in [9.17, 15) is 9.59 Å². The number of nitrogens with one attached hydrogen (secondary N) is 2. The molecule has 1 aromatic carbocycles. The molecule has 3 aromatic heterocycles. The topological polar surface area (TPSA) is 97.4 Å². The molecule has 0 saturated carbocycles. The van der Waals surface area contributed by atoms with Gasteiger partial charge in [-0.05, 0) is 44.2 Å². The fourth-order valence-corrected chi connectivity index (χ4v) is 3.58. The van der Waals surface area contributed by atoms with Gasteiger partial charge in [0.15, 0.2) is 16.5 Å². The number of nitrogens with zero attached hydrogens (tertiary/aromatic N) is 1. The Balaban J connectivity index is 1.45. The third-order valence-electron chi connectivity index (χ3n) is 3.91. The van der Waals surface area contributed by atoms with Crippen LogP contribution >= 0.6 is 11.3 Å². The van der Waals surface area contributed by atoms with Gasteiger partial charge in [0, 0.05) is 0 Å². The highest BCUT2D eigenvalue weighted by atomic mass is 32.1. The van der Waals surface area contributed by atoms with Crippen molar-refractivity contribution in [1.29, 1.82) is 0 Å². The predicted octanol–water partition coefficient (Wildman–Crippen LogP) is 3.84. The summed E-state index contributed by atoms with van der Waals surface area (Å²) in [5.41, 5.74) is 5.92. The molecular formula is C19H15N3O4S. The average Bonchev–Trinajstić information content (AvgIpc) is 3.36. The Morgan fingerprint density at radius 2 is 1.78 bits per heavy atom. The first-order chi connectivity index (χ1) is 13.0. The van der Waals surface area contributed by atoms with Crippen molar-refractivity contribution < 1.29 is 18.4 Å². The molecule has 0 spiro atoms. The summed E-state index contributed by atoms with van der Waals surface area (Å²) < 4.78 is 11.9. The van der Waals surface area contributed by atoms with E-state index in [-0.39, 0.29) is 5.76 Å². The third-order valence-corrected chi connectivity index (χ3v) is 4.96. The Kier molecular flexibility index (Phi) is 4.25. The van der Waals surface area contributed by atoms with Gasteiger partial charge in [-0.25, -0.2) is 4.98 Å². The number of hydrogen-bond acceptors (Lipinski definition) is 6. The van der Waals surface area contributed by atoms with Crippen LogP contribution in [-0.2, 0) is 0 Å². The maximum atomic E-state index is 12.2. The number of furan rings is 2. The molecule has 2 N–H and O–H groups in total. The Morgan fingerprint density at radius 1 is 1.00 bits per heavy atom. The summed E-state index contributed by atoms with van der Waals surface area (Å²) >= 11 is 1.48. The minimum atomic E-state index is -0.561. The molecule has 0 aliphatic carbocycles. The van der Waals surface area contributed by atoms with Crippen molar-refractivity contribution in [3.8, 4) is 10.8 Å². The predicted molar refractivity (Wildman–Crippen MR) is 100 cm³/mol. The molecule has 0 aliphatic heterocycles. The van der Waals surface area contributed by atoms with Gasteiger partial charge in [-0.1, -0.05) is 12.1 Å². The molecule has 4 rings (SSSR count). The number of para-hydroxylation sites is 1. The first kappa shape index (κ1) is 17.0. The molecule has 8 heteroatoms. The van der Waals surface area contributed by atoms with E-state index in [1.54, 1.807) is 26.0 Å². The summed E-state index contributed by atoms with van der Waals surface area (Å²) in [6.45, 7) is 3.43. The van der Waals surface area contributed by atoms with E-state index in [0.29, 0.717) is 27.9 Å². The number of thiazole rings is 1. The van der Waals surface area contributed by atoms with Crippen LogP contribution in [0.1, 0.15) is 32.4 Å². The molecule has 0 atom stereocenters. The maximum Gasteiger partial charge on any atom is 0.305 e. The molecule has 0 saturated heterocycles. The van der Waals surface area contributed by atoms with Gasteiger partial charge < -0.3 is 8.83 Å². The van der Waals surface area contributed by atoms with Crippen molar-refractivity contribution in [2.75, 3.05) is 0 Å². The molecule has 2 amide bonds. The largest absolute Gasteiger partial charge is 0.466 e. The van der Waals surface area contributed by atoms with Gasteiger partial charge in [0.1, 0.15) is 11.5 Å². The molecule has 0 aliphatic rings. The maximum absolute atomic E-state index is 12.2. The minimum Gasteiger partial charge on any atom is -0.466 e. The fraction of sp³-hybridized carbons (Fsp3) is 0.105. The summed E-state index contributed by atoms with van der Waals surface area (Å²) in [4.78, 5) is 28.8. The standard InChI is InChI=1S/C19H15N3O4S/c1-10-9-12(11(2)25-10)17(23)21-22-18(24)14-7-8-15(26-14)19-20-13-5-3-4-6-16(13)27-19/h3-9H,1-2H3,(H,21,23)(H,22,24). The summed E-state index contributed by atoms with van der Waals surface area (Å²) in [6.07, 6.45) is 0. The molecule has 4 aromatic rings. The van der Waals surface area contributed by atoms with Crippen LogP contribution < -0.4 is 10.9 Å². The molecule has 0 fully saturated rings. The van der Waals surface area contributed by atoms with E-state index in [1.165, 1.54) is 17.4 Å². The van der Waals surface area contributed by atoms with Crippen LogP contribution in [0.3, 0.4) is 0 Å². The molecular weight excluding hydrogens is 366 g/mol. The summed E-state index contributed by atoms with van der Waals surface area (Å²) in [6, 6.07) is 12.6. The molecule has 27 heavy (non-hydrogen) atoms. The lowest BCUT2D eigenvalue weighted by Gasteiger charge is -2.04. The van der Waals surface area contributed by atoms with Crippen LogP contribution in [-0.4, -0.2) is 16.8 Å². The van der Waals surface area contributed by atoms with Crippen molar-refractivity contribution in [3.05, 3.63) is 65.3 Å². The number of rotatable bonds is 3. The van der Waals surface area contributed by atoms with Crippen LogP contribution in [0, 0.1) is 13.8 Å². The van der Waals surface area contributed by atoms with Crippen molar-refractivity contribution in [3.63, 3.8) is 0 Å². The van der Waals surface area contributed by atoms with Gasteiger partial charge in [0.05, 0.1) is 15.8 Å². The fourth-order valence-electron chi connectivity index (χ4n) is 2.65. The number of aromatic nitrogens is 1. The number of hydrogen-bond donors (Lipinski definition) is 2. The van der Waals surface area contributed by atoms with Crippen molar-refractivity contribution in [2.24, 2.45) is 0 Å². The average molecular weight is 381 g/mol. The lowest BCUT2D eigenvalue weighted by atomic mass is 10.2. The second-order valence-electron chi connectivity index (χ2n) is 5.89. The number of amides is 2. The minimum absolute atomic E-state index is 0.0738. The van der Waals surface area contributed by atoms with Crippen molar-refractivity contribution in [2.45, 2.75) is 13.8 Å². The van der Waals surface area contributed by atoms with Crippen molar-refractivity contribution in [1.82, 2.24) is 15.8 Å².